The zero-order chi connectivity index (χ0) is 14.7. The van der Waals surface area contributed by atoms with Gasteiger partial charge in [0.15, 0.2) is 0 Å². The average molecular weight is 295 g/mol. The molecule has 1 aromatic rings. The molecule has 5 heteroatoms. The van der Waals surface area contributed by atoms with Crippen molar-refractivity contribution in [2.45, 2.75) is 26.4 Å². The van der Waals surface area contributed by atoms with Crippen molar-refractivity contribution in [3.05, 3.63) is 35.1 Å². The van der Waals surface area contributed by atoms with Gasteiger partial charge in [-0.3, -0.25) is 9.80 Å². The highest BCUT2D eigenvalue weighted by Gasteiger charge is 2.19. The van der Waals surface area contributed by atoms with Crippen molar-refractivity contribution >= 4 is 17.2 Å². The minimum atomic E-state index is -0.291. The molecule has 3 nitrogen and oxygen atoms in total. The maximum absolute atomic E-state index is 13.3. The van der Waals surface area contributed by atoms with Gasteiger partial charge in [-0.25, -0.2) is 4.39 Å². The Bertz CT molecular complexity index is 482. The summed E-state index contributed by atoms with van der Waals surface area (Å²) in [4.78, 5) is 5.10. The lowest BCUT2D eigenvalue weighted by molar-refractivity contribution is 0.104. The van der Waals surface area contributed by atoms with Crippen LogP contribution in [-0.4, -0.2) is 47.0 Å². The molecule has 2 rings (SSSR count). The van der Waals surface area contributed by atoms with E-state index in [-0.39, 0.29) is 10.8 Å². The van der Waals surface area contributed by atoms with Crippen LogP contribution >= 0.6 is 12.2 Å². The second-order valence-corrected chi connectivity index (χ2v) is 6.01. The van der Waals surface area contributed by atoms with Gasteiger partial charge in [0, 0.05) is 44.3 Å². The van der Waals surface area contributed by atoms with Crippen LogP contribution in [0.1, 0.15) is 25.0 Å². The Hall–Kier alpha value is -1.04. The molecule has 0 spiro atoms. The fourth-order valence-corrected chi connectivity index (χ4v) is 2.78. The van der Waals surface area contributed by atoms with Crippen LogP contribution in [0.4, 0.5) is 4.39 Å². The van der Waals surface area contributed by atoms with Gasteiger partial charge in [0.1, 0.15) is 10.8 Å². The summed E-state index contributed by atoms with van der Waals surface area (Å²) in [6, 6.07) is 5.29. The Morgan fingerprint density at radius 3 is 2.50 bits per heavy atom. The van der Waals surface area contributed by atoms with Gasteiger partial charge in [0.2, 0.25) is 0 Å². The van der Waals surface area contributed by atoms with Crippen LogP contribution in [0.25, 0.3) is 0 Å². The first-order valence-electron chi connectivity index (χ1n) is 7.02. The van der Waals surface area contributed by atoms with Crippen LogP contribution in [-0.2, 0) is 6.54 Å². The van der Waals surface area contributed by atoms with E-state index in [4.69, 9.17) is 18.0 Å². The molecule has 0 radical (unpaired) electrons. The van der Waals surface area contributed by atoms with Crippen LogP contribution in [0.3, 0.4) is 0 Å². The highest BCUT2D eigenvalue weighted by atomic mass is 32.1. The smallest absolute Gasteiger partial charge is 0.123 e. The predicted molar refractivity (Wildman–Crippen MR) is 84.3 cm³/mol. The van der Waals surface area contributed by atoms with Crippen LogP contribution in [0, 0.1) is 5.82 Å². The molecule has 2 N–H and O–H groups in total. The summed E-state index contributed by atoms with van der Waals surface area (Å²) >= 11 is 5.01. The summed E-state index contributed by atoms with van der Waals surface area (Å²) in [5.41, 5.74) is 7.36. The first kappa shape index (κ1) is 15.4. The fraction of sp³-hybridized carbons (Fsp3) is 0.533. The standard InChI is InChI=1S/C15H22FN3S/c1-11(2)19-7-5-18(6-8-19)10-12-3-4-13(16)9-14(12)15(17)20/h3-4,9,11H,5-8,10H2,1-2H3,(H2,17,20). The summed E-state index contributed by atoms with van der Waals surface area (Å²) in [6.45, 7) is 9.40. The highest BCUT2D eigenvalue weighted by Crippen LogP contribution is 2.16. The lowest BCUT2D eigenvalue weighted by atomic mass is 10.1. The van der Waals surface area contributed by atoms with Crippen molar-refractivity contribution in [1.29, 1.82) is 0 Å². The number of nitrogens with two attached hydrogens (primary N) is 1. The van der Waals surface area contributed by atoms with Crippen molar-refractivity contribution in [2.75, 3.05) is 26.2 Å². The first-order chi connectivity index (χ1) is 9.47. The lowest BCUT2D eigenvalue weighted by Crippen LogP contribution is -2.48. The monoisotopic (exact) mass is 295 g/mol. The van der Waals surface area contributed by atoms with Gasteiger partial charge in [-0.1, -0.05) is 18.3 Å². The van der Waals surface area contributed by atoms with E-state index in [1.54, 1.807) is 6.07 Å². The molecule has 1 heterocycles. The van der Waals surface area contributed by atoms with Gasteiger partial charge in [-0.2, -0.15) is 0 Å². The van der Waals surface area contributed by atoms with Gasteiger partial charge in [0.25, 0.3) is 0 Å². The molecule has 0 unspecified atom stereocenters. The molecule has 110 valence electrons. The largest absolute Gasteiger partial charge is 0.389 e. The molecular weight excluding hydrogens is 273 g/mol. The Balaban J connectivity index is 2.03. The van der Waals surface area contributed by atoms with E-state index in [2.05, 4.69) is 23.6 Å². The summed E-state index contributed by atoms with van der Waals surface area (Å²) in [7, 11) is 0. The quantitative estimate of drug-likeness (QED) is 0.861. The minimum absolute atomic E-state index is 0.264. The molecule has 1 fully saturated rings. The van der Waals surface area contributed by atoms with Gasteiger partial charge in [0.05, 0.1) is 0 Å². The third kappa shape index (κ3) is 3.75. The van der Waals surface area contributed by atoms with E-state index in [1.165, 1.54) is 12.1 Å². The van der Waals surface area contributed by atoms with Gasteiger partial charge in [-0.15, -0.1) is 0 Å². The number of thiocarbonyl (C=S) groups is 1. The van der Waals surface area contributed by atoms with E-state index in [9.17, 15) is 4.39 Å². The van der Waals surface area contributed by atoms with E-state index in [1.807, 2.05) is 0 Å². The van der Waals surface area contributed by atoms with Gasteiger partial charge >= 0.3 is 0 Å². The van der Waals surface area contributed by atoms with Crippen LogP contribution in [0.5, 0.6) is 0 Å². The molecule has 1 aliphatic heterocycles. The van der Waals surface area contributed by atoms with Crippen molar-refractivity contribution < 1.29 is 4.39 Å². The van der Waals surface area contributed by atoms with Crippen molar-refractivity contribution in [1.82, 2.24) is 9.80 Å². The zero-order valence-corrected chi connectivity index (χ0v) is 12.9. The van der Waals surface area contributed by atoms with Crippen LogP contribution < -0.4 is 5.73 Å². The number of halogens is 1. The lowest BCUT2D eigenvalue weighted by Gasteiger charge is -2.37. The molecular formula is C15H22FN3S. The maximum atomic E-state index is 13.3. The highest BCUT2D eigenvalue weighted by molar-refractivity contribution is 7.80. The second kappa shape index (κ2) is 6.61. The molecule has 1 aromatic carbocycles. The molecule has 0 atom stereocenters. The average Bonchev–Trinajstić information content (AvgIpc) is 2.41. The Kier molecular flexibility index (Phi) is 5.07. The molecule has 0 saturated carbocycles. The molecule has 0 amide bonds. The number of nitrogens with zero attached hydrogens (tertiary/aromatic N) is 2. The van der Waals surface area contributed by atoms with Crippen LogP contribution in [0.2, 0.25) is 0 Å². The van der Waals surface area contributed by atoms with E-state index >= 15 is 0 Å². The van der Waals surface area contributed by atoms with E-state index in [0.29, 0.717) is 11.6 Å². The first-order valence-corrected chi connectivity index (χ1v) is 7.43. The topological polar surface area (TPSA) is 32.5 Å². The summed E-state index contributed by atoms with van der Waals surface area (Å²) in [5.74, 6) is -0.291. The fourth-order valence-electron chi connectivity index (χ4n) is 2.59. The molecule has 0 aliphatic carbocycles. The second-order valence-electron chi connectivity index (χ2n) is 5.57. The number of benzene rings is 1. The molecule has 1 aliphatic rings. The number of hydrogen-bond acceptors (Lipinski definition) is 3. The zero-order valence-electron chi connectivity index (χ0n) is 12.1. The maximum Gasteiger partial charge on any atom is 0.123 e. The number of hydrogen-bond donors (Lipinski definition) is 1. The third-order valence-electron chi connectivity index (χ3n) is 3.87. The number of piperazine rings is 1. The van der Waals surface area contributed by atoms with E-state index < -0.39 is 0 Å². The van der Waals surface area contributed by atoms with Gasteiger partial charge in [-0.05, 0) is 31.5 Å². The molecule has 0 bridgehead atoms. The van der Waals surface area contributed by atoms with Crippen molar-refractivity contribution in [2.24, 2.45) is 5.73 Å². The Labute approximate surface area is 125 Å². The summed E-state index contributed by atoms with van der Waals surface area (Å²) in [5, 5.41) is 0. The Morgan fingerprint density at radius 1 is 1.30 bits per heavy atom. The molecule has 20 heavy (non-hydrogen) atoms. The summed E-state index contributed by atoms with van der Waals surface area (Å²) in [6.07, 6.45) is 0. The normalized spacial score (nSPS) is 17.6. The molecule has 0 aromatic heterocycles. The Morgan fingerprint density at radius 2 is 1.95 bits per heavy atom. The SMILES string of the molecule is CC(C)N1CCN(Cc2ccc(F)cc2C(N)=S)CC1. The van der Waals surface area contributed by atoms with Crippen LogP contribution in [0.15, 0.2) is 18.2 Å². The number of rotatable bonds is 4. The van der Waals surface area contributed by atoms with Gasteiger partial charge < -0.3 is 5.73 Å². The minimum Gasteiger partial charge on any atom is -0.389 e. The molecule has 1 saturated heterocycles. The third-order valence-corrected chi connectivity index (χ3v) is 4.09. The summed E-state index contributed by atoms with van der Waals surface area (Å²) < 4.78 is 13.3. The van der Waals surface area contributed by atoms with Crippen molar-refractivity contribution in [3.8, 4) is 0 Å². The predicted octanol–water partition coefficient (Wildman–Crippen LogP) is 1.99. The van der Waals surface area contributed by atoms with E-state index in [0.717, 1.165) is 38.3 Å². The van der Waals surface area contributed by atoms with Crippen molar-refractivity contribution in [3.63, 3.8) is 0 Å².